The van der Waals surface area contributed by atoms with E-state index in [1.807, 2.05) is 0 Å². The Balaban J connectivity index is 2.51. The molecular formula is C9H7FN4O4S2. The van der Waals surface area contributed by atoms with E-state index in [2.05, 4.69) is 14.9 Å². The largest absolute Gasteiger partial charge is 0.306 e. The van der Waals surface area contributed by atoms with Crippen molar-refractivity contribution in [2.24, 2.45) is 0 Å². The van der Waals surface area contributed by atoms with Gasteiger partial charge in [-0.1, -0.05) is 11.3 Å². The molecule has 0 unspecified atom stereocenters. The third-order valence-electron chi connectivity index (χ3n) is 2.31. The summed E-state index contributed by atoms with van der Waals surface area (Å²) in [4.78, 5) is 9.28. The van der Waals surface area contributed by atoms with Crippen molar-refractivity contribution in [3.63, 3.8) is 0 Å². The molecule has 0 saturated heterocycles. The Morgan fingerprint density at radius 2 is 2.15 bits per heavy atom. The van der Waals surface area contributed by atoms with Gasteiger partial charge in [0.1, 0.15) is 5.51 Å². The van der Waals surface area contributed by atoms with Crippen molar-refractivity contribution in [3.05, 3.63) is 39.1 Å². The Kier molecular flexibility index (Phi) is 3.63. The summed E-state index contributed by atoms with van der Waals surface area (Å²) in [5, 5.41) is 17.6. The third kappa shape index (κ3) is 2.72. The number of nitrogens with zero attached hydrogens (tertiary/aromatic N) is 3. The highest BCUT2D eigenvalue weighted by Gasteiger charge is 2.25. The Labute approximate surface area is 116 Å². The lowest BCUT2D eigenvalue weighted by Crippen LogP contribution is -2.15. The SMILES string of the molecule is Cc1cc(F)c([N+](=O)[O-])cc1S(=O)(=O)Nc1nncs1. The minimum atomic E-state index is -4.10. The van der Waals surface area contributed by atoms with Crippen LogP contribution in [0.2, 0.25) is 0 Å². The first kappa shape index (κ1) is 14.3. The minimum absolute atomic E-state index is 0.0105. The Morgan fingerprint density at radius 3 is 2.70 bits per heavy atom. The van der Waals surface area contributed by atoms with Crippen molar-refractivity contribution in [1.82, 2.24) is 10.2 Å². The zero-order valence-electron chi connectivity index (χ0n) is 9.90. The molecule has 0 amide bonds. The normalized spacial score (nSPS) is 11.3. The fourth-order valence-corrected chi connectivity index (χ4v) is 3.40. The average Bonchev–Trinajstić information content (AvgIpc) is 2.79. The second-order valence-electron chi connectivity index (χ2n) is 3.68. The molecule has 0 radical (unpaired) electrons. The Bertz CT molecular complexity index is 761. The number of nitro groups is 1. The predicted octanol–water partition coefficient (Wildman–Crippen LogP) is 1.69. The molecule has 0 saturated carbocycles. The summed E-state index contributed by atoms with van der Waals surface area (Å²) in [5.41, 5.74) is 0.455. The van der Waals surface area contributed by atoms with E-state index in [-0.39, 0.29) is 15.6 Å². The van der Waals surface area contributed by atoms with Gasteiger partial charge in [0.2, 0.25) is 10.9 Å². The maximum Gasteiger partial charge on any atom is 0.306 e. The molecule has 106 valence electrons. The molecule has 1 aromatic carbocycles. The van der Waals surface area contributed by atoms with E-state index in [0.717, 1.165) is 17.4 Å². The van der Waals surface area contributed by atoms with Crippen molar-refractivity contribution in [2.45, 2.75) is 11.8 Å². The highest BCUT2D eigenvalue weighted by Crippen LogP contribution is 2.26. The van der Waals surface area contributed by atoms with Gasteiger partial charge in [-0.2, -0.15) is 4.39 Å². The molecule has 0 aliphatic heterocycles. The number of benzene rings is 1. The number of halogens is 1. The lowest BCUT2D eigenvalue weighted by molar-refractivity contribution is -0.387. The molecule has 0 aliphatic rings. The number of aryl methyl sites for hydroxylation is 1. The van der Waals surface area contributed by atoms with Gasteiger partial charge in [0.15, 0.2) is 0 Å². The lowest BCUT2D eigenvalue weighted by Gasteiger charge is -2.08. The van der Waals surface area contributed by atoms with Gasteiger partial charge >= 0.3 is 5.69 Å². The van der Waals surface area contributed by atoms with Crippen LogP contribution in [0.25, 0.3) is 0 Å². The highest BCUT2D eigenvalue weighted by atomic mass is 32.2. The molecule has 0 fully saturated rings. The molecule has 0 bridgehead atoms. The summed E-state index contributed by atoms with van der Waals surface area (Å²) in [5.74, 6) is -1.10. The maximum atomic E-state index is 13.4. The van der Waals surface area contributed by atoms with Gasteiger partial charge in [0.25, 0.3) is 10.0 Å². The summed E-state index contributed by atoms with van der Waals surface area (Å²) in [6.07, 6.45) is 0. The number of rotatable bonds is 4. The Hall–Kier alpha value is -2.14. The number of hydrogen-bond acceptors (Lipinski definition) is 7. The van der Waals surface area contributed by atoms with E-state index >= 15 is 0 Å². The topological polar surface area (TPSA) is 115 Å². The van der Waals surface area contributed by atoms with E-state index in [0.29, 0.717) is 6.07 Å². The van der Waals surface area contributed by atoms with Crippen LogP contribution in [0.15, 0.2) is 22.5 Å². The van der Waals surface area contributed by atoms with Gasteiger partial charge in [-0.05, 0) is 18.6 Å². The molecular weight excluding hydrogens is 311 g/mol. The molecule has 0 spiro atoms. The first-order valence-corrected chi connectivity index (χ1v) is 7.41. The standard InChI is InChI=1S/C9H7FN4O4S2/c1-5-2-6(10)7(14(15)16)3-8(5)20(17,18)13-9-12-11-4-19-9/h2-4H,1H3,(H,12,13). The van der Waals surface area contributed by atoms with Crippen molar-refractivity contribution in [3.8, 4) is 0 Å². The van der Waals surface area contributed by atoms with Crippen LogP contribution < -0.4 is 4.72 Å². The van der Waals surface area contributed by atoms with E-state index < -0.39 is 26.5 Å². The lowest BCUT2D eigenvalue weighted by atomic mass is 10.2. The van der Waals surface area contributed by atoms with Crippen LogP contribution in [0.5, 0.6) is 0 Å². The van der Waals surface area contributed by atoms with Crippen molar-refractivity contribution >= 4 is 32.2 Å². The summed E-state index contributed by atoms with van der Waals surface area (Å²) >= 11 is 0.944. The van der Waals surface area contributed by atoms with Crippen LogP contribution in [0.3, 0.4) is 0 Å². The molecule has 8 nitrogen and oxygen atoms in total. The molecule has 1 N–H and O–H groups in total. The summed E-state index contributed by atoms with van der Waals surface area (Å²) in [6.45, 7) is 1.33. The van der Waals surface area contributed by atoms with Crippen LogP contribution in [-0.4, -0.2) is 23.5 Å². The molecule has 2 aromatic rings. The number of hydrogen-bond donors (Lipinski definition) is 1. The van der Waals surface area contributed by atoms with E-state index in [1.54, 1.807) is 0 Å². The van der Waals surface area contributed by atoms with Crippen molar-refractivity contribution in [2.75, 3.05) is 4.72 Å². The Morgan fingerprint density at radius 1 is 1.45 bits per heavy atom. The van der Waals surface area contributed by atoms with Gasteiger partial charge in [0, 0.05) is 6.07 Å². The molecule has 0 aliphatic carbocycles. The number of aromatic nitrogens is 2. The summed E-state index contributed by atoms with van der Waals surface area (Å²) in [7, 11) is -4.10. The van der Waals surface area contributed by atoms with E-state index in [9.17, 15) is 22.9 Å². The average molecular weight is 318 g/mol. The number of anilines is 1. The second-order valence-corrected chi connectivity index (χ2v) is 6.16. The maximum absolute atomic E-state index is 13.4. The number of sulfonamides is 1. The fourth-order valence-electron chi connectivity index (χ4n) is 1.46. The number of nitrogens with one attached hydrogen (secondary N) is 1. The van der Waals surface area contributed by atoms with Crippen molar-refractivity contribution < 1.29 is 17.7 Å². The van der Waals surface area contributed by atoms with E-state index in [1.165, 1.54) is 12.4 Å². The quantitative estimate of drug-likeness (QED) is 0.677. The molecule has 1 aromatic heterocycles. The van der Waals surface area contributed by atoms with Gasteiger partial charge in [0.05, 0.1) is 9.82 Å². The monoisotopic (exact) mass is 318 g/mol. The number of nitro benzene ring substituents is 1. The van der Waals surface area contributed by atoms with Crippen LogP contribution >= 0.6 is 11.3 Å². The van der Waals surface area contributed by atoms with Gasteiger partial charge in [-0.3, -0.25) is 14.8 Å². The third-order valence-corrected chi connectivity index (χ3v) is 4.53. The van der Waals surface area contributed by atoms with Crippen LogP contribution in [0, 0.1) is 22.9 Å². The molecule has 0 atom stereocenters. The van der Waals surface area contributed by atoms with Crippen LogP contribution in [-0.2, 0) is 10.0 Å². The van der Waals surface area contributed by atoms with Crippen molar-refractivity contribution in [1.29, 1.82) is 0 Å². The smallest absolute Gasteiger partial charge is 0.258 e. The molecule has 1 heterocycles. The van der Waals surface area contributed by atoms with E-state index in [4.69, 9.17) is 0 Å². The summed E-state index contributed by atoms with van der Waals surface area (Å²) < 4.78 is 39.7. The highest BCUT2D eigenvalue weighted by molar-refractivity contribution is 7.93. The molecule has 20 heavy (non-hydrogen) atoms. The zero-order chi connectivity index (χ0) is 14.9. The van der Waals surface area contributed by atoms with Gasteiger partial charge in [-0.25, -0.2) is 8.42 Å². The van der Waals surface area contributed by atoms with Gasteiger partial charge < -0.3 is 0 Å². The van der Waals surface area contributed by atoms with Crippen LogP contribution in [0.1, 0.15) is 5.56 Å². The zero-order valence-corrected chi connectivity index (χ0v) is 11.5. The minimum Gasteiger partial charge on any atom is -0.258 e. The van der Waals surface area contributed by atoms with Gasteiger partial charge in [-0.15, -0.1) is 10.2 Å². The predicted molar refractivity (Wildman–Crippen MR) is 68.5 cm³/mol. The van der Waals surface area contributed by atoms with Crippen LogP contribution in [0.4, 0.5) is 15.2 Å². The second kappa shape index (κ2) is 5.09. The molecule has 11 heteroatoms. The first-order chi connectivity index (χ1) is 9.31. The summed E-state index contributed by atoms with van der Waals surface area (Å²) in [6, 6.07) is 1.47. The molecule has 2 rings (SSSR count). The fraction of sp³-hybridized carbons (Fsp3) is 0.111. The first-order valence-electron chi connectivity index (χ1n) is 5.05.